The quantitative estimate of drug-likeness (QED) is 0.803. The van der Waals surface area contributed by atoms with Crippen LogP contribution in [0.4, 0.5) is 11.4 Å². The standard InChI is InChI=1S/C22H25N3O2/c26-21-7-3-15-25(21)19-10-8-18(9-11-19)22(27)23-13-4-14-24-16-12-17-5-1-2-6-20(17)24/h1-2,5-6,8-11H,3-4,7,12-16H2,(H,23,27). The van der Waals surface area contributed by atoms with Gasteiger partial charge in [-0.05, 0) is 55.2 Å². The van der Waals surface area contributed by atoms with Crippen molar-refractivity contribution in [3.05, 3.63) is 59.7 Å². The Morgan fingerprint density at radius 2 is 1.81 bits per heavy atom. The maximum Gasteiger partial charge on any atom is 0.251 e. The Labute approximate surface area is 160 Å². The number of nitrogens with one attached hydrogen (secondary N) is 1. The molecule has 0 bridgehead atoms. The number of hydrogen-bond donors (Lipinski definition) is 1. The second-order valence-electron chi connectivity index (χ2n) is 7.17. The molecule has 2 aromatic rings. The zero-order valence-corrected chi connectivity index (χ0v) is 15.5. The Morgan fingerprint density at radius 1 is 1.00 bits per heavy atom. The first kappa shape index (κ1) is 17.6. The van der Waals surface area contributed by atoms with Gasteiger partial charge in [-0.1, -0.05) is 18.2 Å². The van der Waals surface area contributed by atoms with Gasteiger partial charge in [-0.15, -0.1) is 0 Å². The molecule has 2 aliphatic rings. The van der Waals surface area contributed by atoms with Crippen molar-refractivity contribution in [3.63, 3.8) is 0 Å². The fraction of sp³-hybridized carbons (Fsp3) is 0.364. The van der Waals surface area contributed by atoms with Gasteiger partial charge in [0.05, 0.1) is 0 Å². The van der Waals surface area contributed by atoms with E-state index in [0.29, 0.717) is 18.5 Å². The smallest absolute Gasteiger partial charge is 0.251 e. The highest BCUT2D eigenvalue weighted by Gasteiger charge is 2.21. The number of nitrogens with zero attached hydrogens (tertiary/aromatic N) is 2. The summed E-state index contributed by atoms with van der Waals surface area (Å²) >= 11 is 0. The van der Waals surface area contributed by atoms with Gasteiger partial charge < -0.3 is 15.1 Å². The zero-order chi connectivity index (χ0) is 18.6. The van der Waals surface area contributed by atoms with Crippen LogP contribution in [0.1, 0.15) is 35.2 Å². The number of anilines is 2. The van der Waals surface area contributed by atoms with Crippen LogP contribution in [0.15, 0.2) is 48.5 Å². The minimum atomic E-state index is -0.0591. The lowest BCUT2D eigenvalue weighted by molar-refractivity contribution is -0.117. The first-order chi connectivity index (χ1) is 13.2. The molecule has 5 nitrogen and oxygen atoms in total. The van der Waals surface area contributed by atoms with E-state index < -0.39 is 0 Å². The van der Waals surface area contributed by atoms with Crippen molar-refractivity contribution >= 4 is 23.2 Å². The maximum absolute atomic E-state index is 12.3. The normalized spacial score (nSPS) is 15.9. The Hall–Kier alpha value is -2.82. The summed E-state index contributed by atoms with van der Waals surface area (Å²) in [6.07, 6.45) is 3.54. The summed E-state index contributed by atoms with van der Waals surface area (Å²) < 4.78 is 0. The zero-order valence-electron chi connectivity index (χ0n) is 15.5. The van der Waals surface area contributed by atoms with Gasteiger partial charge in [-0.3, -0.25) is 9.59 Å². The van der Waals surface area contributed by atoms with Crippen LogP contribution in [-0.4, -0.2) is 38.0 Å². The molecule has 0 radical (unpaired) electrons. The van der Waals surface area contributed by atoms with Crippen molar-refractivity contribution in [2.45, 2.75) is 25.7 Å². The fourth-order valence-electron chi connectivity index (χ4n) is 3.93. The van der Waals surface area contributed by atoms with Crippen molar-refractivity contribution in [2.24, 2.45) is 0 Å². The number of fused-ring (bicyclic) bond motifs is 1. The molecule has 1 saturated heterocycles. The molecule has 2 amide bonds. The van der Waals surface area contributed by atoms with E-state index in [2.05, 4.69) is 34.5 Å². The Bertz CT molecular complexity index is 832. The van der Waals surface area contributed by atoms with Crippen LogP contribution in [-0.2, 0) is 11.2 Å². The van der Waals surface area contributed by atoms with Gasteiger partial charge in [0.2, 0.25) is 5.91 Å². The predicted octanol–water partition coefficient (Wildman–Crippen LogP) is 3.00. The molecule has 2 aromatic carbocycles. The lowest BCUT2D eigenvalue weighted by atomic mass is 10.2. The molecule has 1 N–H and O–H groups in total. The highest BCUT2D eigenvalue weighted by Crippen LogP contribution is 2.27. The number of para-hydroxylation sites is 1. The highest BCUT2D eigenvalue weighted by molar-refractivity contribution is 5.97. The van der Waals surface area contributed by atoms with Gasteiger partial charge in [0, 0.05) is 49.5 Å². The second-order valence-corrected chi connectivity index (χ2v) is 7.17. The molecule has 1 fully saturated rings. The summed E-state index contributed by atoms with van der Waals surface area (Å²) in [5, 5.41) is 3.00. The van der Waals surface area contributed by atoms with Crippen LogP contribution >= 0.6 is 0 Å². The molecule has 4 rings (SSSR count). The van der Waals surface area contributed by atoms with Crippen molar-refractivity contribution in [1.29, 1.82) is 0 Å². The molecule has 27 heavy (non-hydrogen) atoms. The van der Waals surface area contributed by atoms with Gasteiger partial charge >= 0.3 is 0 Å². The SMILES string of the molecule is O=C(NCCCN1CCc2ccccc21)c1ccc(N2CCCC2=O)cc1. The summed E-state index contributed by atoms with van der Waals surface area (Å²) in [7, 11) is 0. The Morgan fingerprint density at radius 3 is 2.59 bits per heavy atom. The molecule has 140 valence electrons. The number of amides is 2. The summed E-state index contributed by atoms with van der Waals surface area (Å²) in [6.45, 7) is 3.44. The first-order valence-electron chi connectivity index (χ1n) is 9.74. The van der Waals surface area contributed by atoms with E-state index in [-0.39, 0.29) is 11.8 Å². The second kappa shape index (κ2) is 7.82. The van der Waals surface area contributed by atoms with Crippen LogP contribution in [0.2, 0.25) is 0 Å². The number of hydrogen-bond acceptors (Lipinski definition) is 3. The lowest BCUT2D eigenvalue weighted by Gasteiger charge is -2.19. The number of benzene rings is 2. The molecule has 2 heterocycles. The number of carbonyl (C=O) groups is 2. The summed E-state index contributed by atoms with van der Waals surface area (Å²) in [5.41, 5.74) is 4.26. The lowest BCUT2D eigenvalue weighted by Crippen LogP contribution is -2.29. The highest BCUT2D eigenvalue weighted by atomic mass is 16.2. The van der Waals surface area contributed by atoms with E-state index in [1.54, 1.807) is 17.0 Å². The van der Waals surface area contributed by atoms with Crippen LogP contribution < -0.4 is 15.1 Å². The molecular weight excluding hydrogens is 338 g/mol. The third kappa shape index (κ3) is 3.82. The topological polar surface area (TPSA) is 52.7 Å². The van der Waals surface area contributed by atoms with E-state index in [0.717, 1.165) is 44.6 Å². The maximum atomic E-state index is 12.3. The molecule has 0 aliphatic carbocycles. The van der Waals surface area contributed by atoms with Gasteiger partial charge in [0.1, 0.15) is 0 Å². The Balaban J connectivity index is 1.24. The van der Waals surface area contributed by atoms with Gasteiger partial charge in [-0.25, -0.2) is 0 Å². The van der Waals surface area contributed by atoms with E-state index in [4.69, 9.17) is 0 Å². The molecule has 0 spiro atoms. The minimum absolute atomic E-state index is 0.0591. The monoisotopic (exact) mass is 363 g/mol. The Kier molecular flexibility index (Phi) is 5.10. The van der Waals surface area contributed by atoms with Crippen LogP contribution in [0, 0.1) is 0 Å². The van der Waals surface area contributed by atoms with Crippen molar-refractivity contribution in [1.82, 2.24) is 5.32 Å². The third-order valence-electron chi connectivity index (χ3n) is 5.39. The van der Waals surface area contributed by atoms with E-state index in [1.807, 2.05) is 12.1 Å². The fourth-order valence-corrected chi connectivity index (χ4v) is 3.93. The average Bonchev–Trinajstić information content (AvgIpc) is 3.31. The molecular formula is C22H25N3O2. The van der Waals surface area contributed by atoms with E-state index in [1.165, 1.54) is 11.3 Å². The van der Waals surface area contributed by atoms with Crippen molar-refractivity contribution in [3.8, 4) is 0 Å². The number of carbonyl (C=O) groups excluding carboxylic acids is 2. The molecule has 5 heteroatoms. The summed E-state index contributed by atoms with van der Waals surface area (Å²) in [4.78, 5) is 28.3. The van der Waals surface area contributed by atoms with Crippen LogP contribution in [0.25, 0.3) is 0 Å². The van der Waals surface area contributed by atoms with E-state index >= 15 is 0 Å². The summed E-state index contributed by atoms with van der Waals surface area (Å²) in [5.74, 6) is 0.104. The number of rotatable bonds is 6. The largest absolute Gasteiger partial charge is 0.371 e. The molecule has 2 aliphatic heterocycles. The molecule has 0 atom stereocenters. The van der Waals surface area contributed by atoms with Crippen LogP contribution in [0.5, 0.6) is 0 Å². The molecule has 0 saturated carbocycles. The van der Waals surface area contributed by atoms with Gasteiger partial charge in [-0.2, -0.15) is 0 Å². The van der Waals surface area contributed by atoms with Crippen molar-refractivity contribution < 1.29 is 9.59 Å². The third-order valence-corrected chi connectivity index (χ3v) is 5.39. The molecule has 0 aromatic heterocycles. The van der Waals surface area contributed by atoms with E-state index in [9.17, 15) is 9.59 Å². The first-order valence-corrected chi connectivity index (χ1v) is 9.74. The van der Waals surface area contributed by atoms with Crippen molar-refractivity contribution in [2.75, 3.05) is 36.0 Å². The average molecular weight is 363 g/mol. The van der Waals surface area contributed by atoms with Gasteiger partial charge in [0.15, 0.2) is 0 Å². The van der Waals surface area contributed by atoms with Gasteiger partial charge in [0.25, 0.3) is 5.91 Å². The summed E-state index contributed by atoms with van der Waals surface area (Å²) in [6, 6.07) is 15.9. The minimum Gasteiger partial charge on any atom is -0.371 e. The predicted molar refractivity (Wildman–Crippen MR) is 107 cm³/mol. The van der Waals surface area contributed by atoms with Crippen LogP contribution in [0.3, 0.4) is 0 Å². The molecule has 0 unspecified atom stereocenters.